The lowest BCUT2D eigenvalue weighted by molar-refractivity contribution is 0.172. The van der Waals surface area contributed by atoms with Crippen LogP contribution in [0.15, 0.2) is 47.4 Å². The zero-order valence-electron chi connectivity index (χ0n) is 17.8. The number of aromatic amines is 1. The molecule has 10 nitrogen and oxygen atoms in total. The number of carbonyl (C=O) groups is 1. The molecule has 2 aromatic carbocycles. The van der Waals surface area contributed by atoms with Crippen LogP contribution in [0.3, 0.4) is 0 Å². The van der Waals surface area contributed by atoms with Crippen molar-refractivity contribution in [2.45, 2.75) is 17.7 Å². The number of urea groups is 1. The molecule has 33 heavy (non-hydrogen) atoms. The van der Waals surface area contributed by atoms with Gasteiger partial charge in [0.05, 0.1) is 22.8 Å². The van der Waals surface area contributed by atoms with E-state index in [1.54, 1.807) is 23.1 Å². The van der Waals surface area contributed by atoms with Crippen LogP contribution in [0, 0.1) is 0 Å². The molecule has 0 radical (unpaired) electrons. The van der Waals surface area contributed by atoms with Gasteiger partial charge in [0, 0.05) is 39.1 Å². The zero-order valence-corrected chi connectivity index (χ0v) is 19.4. The van der Waals surface area contributed by atoms with Crippen LogP contribution in [0.2, 0.25) is 0 Å². The van der Waals surface area contributed by atoms with E-state index in [-0.39, 0.29) is 24.0 Å². The number of sulfonamides is 1. The number of nitrogens with one attached hydrogen (secondary N) is 2. The normalized spacial score (nSPS) is 15.3. The number of aromatic nitrogens is 4. The van der Waals surface area contributed by atoms with E-state index >= 15 is 0 Å². The smallest absolute Gasteiger partial charge is 0.317 e. The Balaban J connectivity index is 1.11. The first-order valence-corrected chi connectivity index (χ1v) is 12.9. The van der Waals surface area contributed by atoms with E-state index in [1.165, 1.54) is 4.31 Å². The van der Waals surface area contributed by atoms with Gasteiger partial charge in [0.1, 0.15) is 21.8 Å². The van der Waals surface area contributed by atoms with E-state index in [0.717, 1.165) is 41.4 Å². The minimum absolute atomic E-state index is 0.164. The highest BCUT2D eigenvalue weighted by atomic mass is 32.2. The van der Waals surface area contributed by atoms with Gasteiger partial charge < -0.3 is 15.2 Å². The summed E-state index contributed by atoms with van der Waals surface area (Å²) in [5.74, 6) is 0.898. The third kappa shape index (κ3) is 4.41. The Hall–Kier alpha value is -3.09. The predicted molar refractivity (Wildman–Crippen MR) is 126 cm³/mol. The number of H-pyrrole nitrogens is 1. The summed E-state index contributed by atoms with van der Waals surface area (Å²) in [6.07, 6.45) is 1.49. The summed E-state index contributed by atoms with van der Waals surface area (Å²) in [4.78, 5) is 22.2. The molecule has 172 valence electrons. The van der Waals surface area contributed by atoms with Crippen molar-refractivity contribution in [3.05, 3.63) is 48.3 Å². The van der Waals surface area contributed by atoms with Crippen LogP contribution in [0.1, 0.15) is 12.2 Å². The maximum Gasteiger partial charge on any atom is 0.317 e. The molecule has 0 spiro atoms. The fraction of sp³-hybridized carbons (Fsp3) is 0.333. The molecule has 0 aliphatic carbocycles. The molecule has 1 aliphatic heterocycles. The van der Waals surface area contributed by atoms with Crippen molar-refractivity contribution in [1.29, 1.82) is 0 Å². The highest BCUT2D eigenvalue weighted by Gasteiger charge is 2.31. The Bertz CT molecular complexity index is 1360. The first-order valence-electron chi connectivity index (χ1n) is 10.7. The third-order valence-corrected chi connectivity index (χ3v) is 8.17. The molecule has 12 heteroatoms. The van der Waals surface area contributed by atoms with Gasteiger partial charge in [0.25, 0.3) is 0 Å². The second-order valence-electron chi connectivity index (χ2n) is 7.82. The highest BCUT2D eigenvalue weighted by molar-refractivity contribution is 7.89. The van der Waals surface area contributed by atoms with Crippen molar-refractivity contribution >= 4 is 49.8 Å². The van der Waals surface area contributed by atoms with Gasteiger partial charge in [-0.05, 0) is 30.7 Å². The molecule has 0 saturated carbocycles. The third-order valence-electron chi connectivity index (χ3n) is 5.70. The second-order valence-corrected chi connectivity index (χ2v) is 10.3. The number of fused-ring (bicyclic) bond motifs is 2. The number of para-hydroxylation sites is 2. The van der Waals surface area contributed by atoms with Crippen molar-refractivity contribution in [3.8, 4) is 0 Å². The van der Waals surface area contributed by atoms with E-state index < -0.39 is 10.0 Å². The number of nitrogens with zero attached hydrogens (tertiary/aromatic N) is 5. The topological polar surface area (TPSA) is 124 Å². The molecule has 1 saturated heterocycles. The molecule has 0 unspecified atom stereocenters. The monoisotopic (exact) mass is 485 g/mol. The van der Waals surface area contributed by atoms with E-state index in [4.69, 9.17) is 0 Å². The first kappa shape index (κ1) is 21.7. The van der Waals surface area contributed by atoms with Crippen molar-refractivity contribution in [1.82, 2.24) is 33.2 Å². The van der Waals surface area contributed by atoms with Crippen molar-refractivity contribution < 1.29 is 13.2 Å². The molecule has 4 aromatic rings. The quantitative estimate of drug-likeness (QED) is 0.404. The summed E-state index contributed by atoms with van der Waals surface area (Å²) in [5, 5.41) is 2.92. The fourth-order valence-corrected chi connectivity index (χ4v) is 6.12. The highest BCUT2D eigenvalue weighted by Crippen LogP contribution is 2.25. The van der Waals surface area contributed by atoms with Crippen molar-refractivity contribution in [2.75, 3.05) is 32.7 Å². The fourth-order valence-electron chi connectivity index (χ4n) is 3.95. The SMILES string of the molecule is O=C(NCCCc1nc2ccccc2[nH]1)N1CCN(S(=O)(=O)c2cccc3nsnc23)CC1. The number of rotatable bonds is 6. The van der Waals surface area contributed by atoms with Gasteiger partial charge in [0.2, 0.25) is 10.0 Å². The molecule has 1 fully saturated rings. The zero-order chi connectivity index (χ0) is 22.8. The Kier molecular flexibility index (Phi) is 5.96. The Morgan fingerprint density at radius 3 is 2.64 bits per heavy atom. The number of benzene rings is 2. The summed E-state index contributed by atoms with van der Waals surface area (Å²) < 4.78 is 35.9. The predicted octanol–water partition coefficient (Wildman–Crippen LogP) is 2.22. The van der Waals surface area contributed by atoms with Gasteiger partial charge in [-0.3, -0.25) is 0 Å². The van der Waals surface area contributed by atoms with Gasteiger partial charge in [-0.25, -0.2) is 18.2 Å². The molecular formula is C21H23N7O3S2. The average molecular weight is 486 g/mol. The standard InChI is InChI=1S/C21H23N7O3S2/c29-21(22-10-4-9-19-23-15-5-1-2-6-16(15)24-19)27-11-13-28(14-12-27)33(30,31)18-8-3-7-17-20(18)26-32-25-17/h1-3,5-8H,4,9-14H2,(H,22,29)(H,23,24). The lowest BCUT2D eigenvalue weighted by Crippen LogP contribution is -2.53. The van der Waals surface area contributed by atoms with Crippen molar-refractivity contribution in [2.24, 2.45) is 0 Å². The minimum atomic E-state index is -3.70. The maximum absolute atomic E-state index is 13.1. The number of piperazine rings is 1. The van der Waals surface area contributed by atoms with Crippen LogP contribution >= 0.6 is 11.7 Å². The van der Waals surface area contributed by atoms with Crippen LogP contribution < -0.4 is 5.32 Å². The molecule has 2 N–H and O–H groups in total. The number of carbonyl (C=O) groups excluding carboxylic acids is 1. The number of hydrogen-bond acceptors (Lipinski definition) is 7. The largest absolute Gasteiger partial charge is 0.342 e. The number of aryl methyl sites for hydroxylation is 1. The van der Waals surface area contributed by atoms with Gasteiger partial charge >= 0.3 is 6.03 Å². The van der Waals surface area contributed by atoms with Crippen LogP contribution in [-0.2, 0) is 16.4 Å². The number of amides is 2. The van der Waals surface area contributed by atoms with Gasteiger partial charge in [-0.1, -0.05) is 18.2 Å². The van der Waals surface area contributed by atoms with Crippen LogP contribution in [0.5, 0.6) is 0 Å². The lowest BCUT2D eigenvalue weighted by atomic mass is 10.3. The molecule has 0 atom stereocenters. The summed E-state index contributed by atoms with van der Waals surface area (Å²) in [7, 11) is -3.70. The Morgan fingerprint density at radius 2 is 1.82 bits per heavy atom. The van der Waals surface area contributed by atoms with Gasteiger partial charge in [0.15, 0.2) is 0 Å². The summed E-state index contributed by atoms with van der Waals surface area (Å²) in [6, 6.07) is 12.7. The van der Waals surface area contributed by atoms with E-state index in [9.17, 15) is 13.2 Å². The van der Waals surface area contributed by atoms with E-state index in [0.29, 0.717) is 30.7 Å². The first-order chi connectivity index (χ1) is 16.0. The van der Waals surface area contributed by atoms with Gasteiger partial charge in [-0.15, -0.1) is 0 Å². The van der Waals surface area contributed by atoms with Crippen LogP contribution in [-0.4, -0.2) is 75.1 Å². The van der Waals surface area contributed by atoms with Gasteiger partial charge in [-0.2, -0.15) is 13.1 Å². The van der Waals surface area contributed by atoms with Crippen LogP contribution in [0.25, 0.3) is 22.1 Å². The molecule has 2 aromatic heterocycles. The van der Waals surface area contributed by atoms with E-state index in [2.05, 4.69) is 24.0 Å². The minimum Gasteiger partial charge on any atom is -0.342 e. The summed E-state index contributed by atoms with van der Waals surface area (Å²) in [6.45, 7) is 1.67. The molecule has 5 rings (SSSR count). The number of hydrogen-bond donors (Lipinski definition) is 2. The Morgan fingerprint density at radius 1 is 1.03 bits per heavy atom. The molecular weight excluding hydrogens is 462 g/mol. The average Bonchev–Trinajstić information content (AvgIpc) is 3.48. The number of imidazole rings is 1. The van der Waals surface area contributed by atoms with Crippen LogP contribution in [0.4, 0.5) is 4.79 Å². The van der Waals surface area contributed by atoms with Crippen molar-refractivity contribution in [3.63, 3.8) is 0 Å². The van der Waals surface area contributed by atoms with E-state index in [1.807, 2.05) is 24.3 Å². The second kappa shape index (κ2) is 9.04. The molecule has 1 aliphatic rings. The molecule has 3 heterocycles. The molecule has 2 amide bonds. The Labute approximate surface area is 195 Å². The summed E-state index contributed by atoms with van der Waals surface area (Å²) in [5.41, 5.74) is 2.91. The lowest BCUT2D eigenvalue weighted by Gasteiger charge is -2.34. The summed E-state index contributed by atoms with van der Waals surface area (Å²) >= 11 is 0.993. The maximum atomic E-state index is 13.1. The molecule has 0 bridgehead atoms.